The highest BCUT2D eigenvalue weighted by molar-refractivity contribution is 9.10. The summed E-state index contributed by atoms with van der Waals surface area (Å²) in [7, 11) is 0. The second-order valence-electron chi connectivity index (χ2n) is 3.73. The number of ether oxygens (including phenoxy) is 1. The second-order valence-corrected chi connectivity index (χ2v) is 4.64. The van der Waals surface area contributed by atoms with Crippen molar-refractivity contribution < 1.29 is 4.74 Å². The van der Waals surface area contributed by atoms with Crippen molar-refractivity contribution in [3.05, 3.63) is 52.1 Å². The fourth-order valence-electron chi connectivity index (χ4n) is 1.45. The number of nitrogens with two attached hydrogens (primary N) is 1. The van der Waals surface area contributed by atoms with E-state index in [9.17, 15) is 0 Å². The van der Waals surface area contributed by atoms with Crippen LogP contribution in [0.5, 0.6) is 11.6 Å². The molecule has 0 amide bonds. The Hall–Kier alpha value is -1.39. The Morgan fingerprint density at radius 2 is 2.00 bits per heavy atom. The zero-order chi connectivity index (χ0) is 12.3. The fraction of sp³-hybridized carbons (Fsp3) is 0.154. The number of benzene rings is 1. The molecule has 0 fully saturated rings. The van der Waals surface area contributed by atoms with Gasteiger partial charge in [-0.2, -0.15) is 0 Å². The fourth-order valence-corrected chi connectivity index (χ4v) is 1.72. The van der Waals surface area contributed by atoms with Gasteiger partial charge in [-0.3, -0.25) is 0 Å². The summed E-state index contributed by atoms with van der Waals surface area (Å²) < 4.78 is 6.71. The summed E-state index contributed by atoms with van der Waals surface area (Å²) in [6.45, 7) is 2.45. The molecule has 4 heteroatoms. The lowest BCUT2D eigenvalue weighted by Gasteiger charge is -2.08. The number of aromatic nitrogens is 1. The first kappa shape index (κ1) is 12.1. The number of aryl methyl sites for hydroxylation is 1. The second kappa shape index (κ2) is 5.29. The highest BCUT2D eigenvalue weighted by Gasteiger charge is 2.03. The SMILES string of the molecule is Cc1cc(CN)cnc1Oc1ccc(Br)cc1. The van der Waals surface area contributed by atoms with Gasteiger partial charge in [-0.05, 0) is 42.8 Å². The molecule has 88 valence electrons. The van der Waals surface area contributed by atoms with Crippen LogP contribution < -0.4 is 10.5 Å². The van der Waals surface area contributed by atoms with E-state index in [1.807, 2.05) is 37.3 Å². The zero-order valence-electron chi connectivity index (χ0n) is 9.48. The van der Waals surface area contributed by atoms with Gasteiger partial charge in [0.25, 0.3) is 0 Å². The summed E-state index contributed by atoms with van der Waals surface area (Å²) >= 11 is 3.38. The molecule has 17 heavy (non-hydrogen) atoms. The third-order valence-electron chi connectivity index (χ3n) is 2.35. The Morgan fingerprint density at radius 3 is 2.59 bits per heavy atom. The van der Waals surface area contributed by atoms with Crippen molar-refractivity contribution in [3.8, 4) is 11.6 Å². The lowest BCUT2D eigenvalue weighted by atomic mass is 10.2. The molecule has 1 aromatic carbocycles. The van der Waals surface area contributed by atoms with Crippen LogP contribution >= 0.6 is 15.9 Å². The average Bonchev–Trinajstić information content (AvgIpc) is 2.34. The van der Waals surface area contributed by atoms with E-state index >= 15 is 0 Å². The predicted octanol–water partition coefficient (Wildman–Crippen LogP) is 3.40. The van der Waals surface area contributed by atoms with Gasteiger partial charge in [0.05, 0.1) is 0 Å². The first-order valence-corrected chi connectivity index (χ1v) is 6.07. The normalized spacial score (nSPS) is 10.3. The third-order valence-corrected chi connectivity index (χ3v) is 2.88. The Labute approximate surface area is 109 Å². The lowest BCUT2D eigenvalue weighted by Crippen LogP contribution is -1.99. The molecule has 0 saturated heterocycles. The number of hydrogen-bond acceptors (Lipinski definition) is 3. The Balaban J connectivity index is 2.21. The van der Waals surface area contributed by atoms with Crippen molar-refractivity contribution in [2.45, 2.75) is 13.5 Å². The molecule has 1 heterocycles. The number of nitrogens with zero attached hydrogens (tertiary/aromatic N) is 1. The maximum atomic E-state index is 5.69. The molecule has 0 bridgehead atoms. The number of halogens is 1. The molecule has 3 nitrogen and oxygen atoms in total. The van der Waals surface area contributed by atoms with Crippen molar-refractivity contribution in [1.29, 1.82) is 0 Å². The van der Waals surface area contributed by atoms with E-state index in [-0.39, 0.29) is 0 Å². The first-order valence-electron chi connectivity index (χ1n) is 5.28. The third kappa shape index (κ3) is 3.05. The molecule has 2 aromatic rings. The summed E-state index contributed by atoms with van der Waals surface area (Å²) in [6.07, 6.45) is 1.74. The van der Waals surface area contributed by atoms with Crippen LogP contribution in [0.4, 0.5) is 0 Å². The Kier molecular flexibility index (Phi) is 3.76. The van der Waals surface area contributed by atoms with E-state index in [2.05, 4.69) is 20.9 Å². The molecule has 0 aliphatic rings. The summed E-state index contributed by atoms with van der Waals surface area (Å²) in [6, 6.07) is 9.63. The largest absolute Gasteiger partial charge is 0.439 e. The van der Waals surface area contributed by atoms with Crippen LogP contribution in [0.2, 0.25) is 0 Å². The topological polar surface area (TPSA) is 48.1 Å². The summed E-state index contributed by atoms with van der Waals surface area (Å²) in [5, 5.41) is 0. The van der Waals surface area contributed by atoms with Crippen molar-refractivity contribution in [1.82, 2.24) is 4.98 Å². The van der Waals surface area contributed by atoms with Gasteiger partial charge in [0.15, 0.2) is 0 Å². The minimum absolute atomic E-state index is 0.492. The maximum absolute atomic E-state index is 5.69. The van der Waals surface area contributed by atoms with Gasteiger partial charge in [-0.1, -0.05) is 15.9 Å². The molecule has 0 radical (unpaired) electrons. The Morgan fingerprint density at radius 1 is 1.29 bits per heavy atom. The monoisotopic (exact) mass is 292 g/mol. The van der Waals surface area contributed by atoms with Gasteiger partial charge in [-0.15, -0.1) is 0 Å². The molecule has 2 N–H and O–H groups in total. The van der Waals surface area contributed by atoms with Crippen molar-refractivity contribution in [2.24, 2.45) is 5.73 Å². The van der Waals surface area contributed by atoms with Crippen LogP contribution in [-0.4, -0.2) is 4.98 Å². The molecule has 0 aliphatic heterocycles. The van der Waals surface area contributed by atoms with E-state index in [4.69, 9.17) is 10.5 Å². The van der Waals surface area contributed by atoms with E-state index < -0.39 is 0 Å². The minimum atomic E-state index is 0.492. The van der Waals surface area contributed by atoms with Crippen LogP contribution in [0.25, 0.3) is 0 Å². The maximum Gasteiger partial charge on any atom is 0.222 e. The highest BCUT2D eigenvalue weighted by atomic mass is 79.9. The van der Waals surface area contributed by atoms with Gasteiger partial charge in [0.2, 0.25) is 5.88 Å². The van der Waals surface area contributed by atoms with Crippen LogP contribution in [0.3, 0.4) is 0 Å². The molecule has 0 atom stereocenters. The van der Waals surface area contributed by atoms with Crippen molar-refractivity contribution in [3.63, 3.8) is 0 Å². The average molecular weight is 293 g/mol. The van der Waals surface area contributed by atoms with E-state index in [0.717, 1.165) is 21.3 Å². The van der Waals surface area contributed by atoms with Crippen LogP contribution in [-0.2, 0) is 6.54 Å². The van der Waals surface area contributed by atoms with Crippen LogP contribution in [0.1, 0.15) is 11.1 Å². The molecular formula is C13H13BrN2O. The number of hydrogen-bond donors (Lipinski definition) is 1. The van der Waals surface area contributed by atoms with E-state index in [1.54, 1.807) is 6.20 Å². The van der Waals surface area contributed by atoms with Gasteiger partial charge < -0.3 is 10.5 Å². The highest BCUT2D eigenvalue weighted by Crippen LogP contribution is 2.24. The van der Waals surface area contributed by atoms with E-state index in [0.29, 0.717) is 12.4 Å². The van der Waals surface area contributed by atoms with Crippen molar-refractivity contribution in [2.75, 3.05) is 0 Å². The summed E-state index contributed by atoms with van der Waals surface area (Å²) in [5.74, 6) is 1.38. The molecule has 1 aromatic heterocycles. The smallest absolute Gasteiger partial charge is 0.222 e. The zero-order valence-corrected chi connectivity index (χ0v) is 11.1. The molecule has 0 unspecified atom stereocenters. The summed E-state index contributed by atoms with van der Waals surface area (Å²) in [4.78, 5) is 4.25. The quantitative estimate of drug-likeness (QED) is 0.943. The number of pyridine rings is 1. The summed E-state index contributed by atoms with van der Waals surface area (Å²) in [5.41, 5.74) is 7.54. The van der Waals surface area contributed by atoms with Gasteiger partial charge >= 0.3 is 0 Å². The minimum Gasteiger partial charge on any atom is -0.439 e. The van der Waals surface area contributed by atoms with Gasteiger partial charge in [-0.25, -0.2) is 4.98 Å². The molecule has 2 rings (SSSR count). The first-order chi connectivity index (χ1) is 8.19. The van der Waals surface area contributed by atoms with E-state index in [1.165, 1.54) is 0 Å². The molecular weight excluding hydrogens is 280 g/mol. The van der Waals surface area contributed by atoms with Gasteiger partial charge in [0, 0.05) is 22.8 Å². The standard InChI is InChI=1S/C13H13BrN2O/c1-9-6-10(7-15)8-16-13(9)17-12-4-2-11(14)3-5-12/h2-6,8H,7,15H2,1H3. The molecule has 0 aliphatic carbocycles. The Bertz CT molecular complexity index is 511. The predicted molar refractivity (Wildman–Crippen MR) is 71.1 cm³/mol. The van der Waals surface area contributed by atoms with Crippen molar-refractivity contribution >= 4 is 15.9 Å². The van der Waals surface area contributed by atoms with Crippen LogP contribution in [0.15, 0.2) is 41.0 Å². The number of rotatable bonds is 3. The molecule has 0 saturated carbocycles. The lowest BCUT2D eigenvalue weighted by molar-refractivity contribution is 0.458. The van der Waals surface area contributed by atoms with Crippen LogP contribution in [0, 0.1) is 6.92 Å². The van der Waals surface area contributed by atoms with Gasteiger partial charge in [0.1, 0.15) is 5.75 Å². The molecule has 0 spiro atoms.